The van der Waals surface area contributed by atoms with Crippen LogP contribution < -0.4 is 4.90 Å². The van der Waals surface area contributed by atoms with Crippen molar-refractivity contribution in [1.82, 2.24) is 14.7 Å². The summed E-state index contributed by atoms with van der Waals surface area (Å²) < 4.78 is 80.9. The lowest BCUT2D eigenvalue weighted by Crippen LogP contribution is -2.69. The normalized spacial score (nSPS) is 23.4. The Morgan fingerprint density at radius 2 is 1.60 bits per heavy atom. The van der Waals surface area contributed by atoms with Crippen LogP contribution in [0.2, 0.25) is 5.02 Å². The molecule has 224 valence electrons. The number of hydrogen-bond acceptors (Lipinski definition) is 5. The summed E-state index contributed by atoms with van der Waals surface area (Å²) in [5.41, 5.74) is 1.88. The van der Waals surface area contributed by atoms with E-state index in [-0.39, 0.29) is 13.1 Å². The molecule has 4 saturated heterocycles. The van der Waals surface area contributed by atoms with Gasteiger partial charge in [-0.15, -0.1) is 0 Å². The van der Waals surface area contributed by atoms with Crippen molar-refractivity contribution in [3.63, 3.8) is 0 Å². The Kier molecular flexibility index (Phi) is 7.93. The van der Waals surface area contributed by atoms with Crippen molar-refractivity contribution in [3.8, 4) is 0 Å². The van der Waals surface area contributed by atoms with E-state index in [9.17, 15) is 31.1 Å². The number of nitrogens with zero attached hydrogens (tertiary/aromatic N) is 4. The molecule has 1 aromatic carbocycles. The maximum Gasteiger partial charge on any atom is 0.434 e. The molecular formula is C27H35ClF6N4O2. The predicted molar refractivity (Wildman–Crippen MR) is 138 cm³/mol. The van der Waals surface area contributed by atoms with Crippen molar-refractivity contribution in [1.29, 1.82) is 0 Å². The molecule has 4 aliphatic heterocycles. The zero-order chi connectivity index (χ0) is 28.9. The Morgan fingerprint density at radius 3 is 2.23 bits per heavy atom. The first kappa shape index (κ1) is 29.6. The van der Waals surface area contributed by atoms with Gasteiger partial charge in [-0.05, 0) is 87.5 Å². The fraction of sp³-hybridized carbons (Fsp3) is 0.741. The van der Waals surface area contributed by atoms with E-state index in [1.165, 1.54) is 12.8 Å². The molecular weight excluding hydrogens is 562 g/mol. The summed E-state index contributed by atoms with van der Waals surface area (Å²) in [5.74, 6) is 0. The second kappa shape index (κ2) is 10.7. The molecule has 0 aliphatic carbocycles. The van der Waals surface area contributed by atoms with Gasteiger partial charge in [0.2, 0.25) is 0 Å². The van der Waals surface area contributed by atoms with Crippen LogP contribution in [0.4, 0.5) is 36.8 Å². The molecule has 6 nitrogen and oxygen atoms in total. The van der Waals surface area contributed by atoms with Gasteiger partial charge in [-0.2, -0.15) is 26.3 Å². The molecule has 0 radical (unpaired) electrons. The molecule has 40 heavy (non-hydrogen) atoms. The Labute approximate surface area is 235 Å². The van der Waals surface area contributed by atoms with Gasteiger partial charge in [0, 0.05) is 43.4 Å². The van der Waals surface area contributed by atoms with Crippen LogP contribution in [0.1, 0.15) is 44.6 Å². The van der Waals surface area contributed by atoms with Crippen molar-refractivity contribution in [3.05, 3.63) is 28.8 Å². The Hall–Kier alpha value is -1.92. The lowest BCUT2D eigenvalue weighted by atomic mass is 9.78. The van der Waals surface area contributed by atoms with Crippen molar-refractivity contribution >= 4 is 23.4 Å². The number of rotatable bonds is 5. The number of halogens is 7. The molecule has 0 saturated carbocycles. The molecule has 0 bridgehead atoms. The van der Waals surface area contributed by atoms with Gasteiger partial charge in [-0.1, -0.05) is 18.5 Å². The van der Waals surface area contributed by atoms with Crippen LogP contribution in [-0.2, 0) is 11.3 Å². The second-order valence-electron chi connectivity index (χ2n) is 11.9. The van der Waals surface area contributed by atoms with E-state index in [0.717, 1.165) is 61.7 Å². The van der Waals surface area contributed by atoms with E-state index < -0.39 is 30.1 Å². The van der Waals surface area contributed by atoms with Crippen LogP contribution in [0.15, 0.2) is 18.2 Å². The number of likely N-dealkylation sites (tertiary alicyclic amines) is 3. The molecule has 2 spiro atoms. The highest BCUT2D eigenvalue weighted by atomic mass is 35.5. The molecule has 4 heterocycles. The summed E-state index contributed by atoms with van der Waals surface area (Å²) in [6, 6.07) is 5.99. The molecule has 4 fully saturated rings. The minimum absolute atomic E-state index is 0.0190. The number of carbonyl (C=O) groups excluding carboxylic acids is 1. The number of anilines is 1. The summed E-state index contributed by atoms with van der Waals surface area (Å²) >= 11 is 6.53. The Balaban J connectivity index is 1.21. The molecule has 0 atom stereocenters. The van der Waals surface area contributed by atoms with Gasteiger partial charge in [-0.25, -0.2) is 4.79 Å². The third-order valence-corrected chi connectivity index (χ3v) is 9.48. The number of carbonyl (C=O) groups is 1. The van der Waals surface area contributed by atoms with Crippen molar-refractivity contribution in [2.45, 2.75) is 69.6 Å². The van der Waals surface area contributed by atoms with Crippen LogP contribution in [-0.4, -0.2) is 97.1 Å². The number of piperidine rings is 1. The minimum Gasteiger partial charge on any atom is -0.426 e. The van der Waals surface area contributed by atoms with Gasteiger partial charge >= 0.3 is 18.4 Å². The van der Waals surface area contributed by atoms with Gasteiger partial charge < -0.3 is 19.4 Å². The van der Waals surface area contributed by atoms with Crippen molar-refractivity contribution in [2.75, 3.05) is 57.3 Å². The van der Waals surface area contributed by atoms with Gasteiger partial charge in [0.1, 0.15) is 0 Å². The zero-order valence-corrected chi connectivity index (χ0v) is 23.2. The SMILES string of the molecule is CCN1CCC2(CC1)CCN(c1cc(Cl)cc(CN3CCCC34CN(C(=O)OC(C(F)(F)F)C(F)(F)F)C4)c1)C2. The van der Waals surface area contributed by atoms with Crippen molar-refractivity contribution in [2.24, 2.45) is 5.41 Å². The van der Waals surface area contributed by atoms with Gasteiger partial charge in [0.15, 0.2) is 0 Å². The number of alkyl halides is 6. The predicted octanol–water partition coefficient (Wildman–Crippen LogP) is 5.93. The Bertz CT molecular complexity index is 1070. The van der Waals surface area contributed by atoms with Crippen molar-refractivity contribution < 1.29 is 35.9 Å². The van der Waals surface area contributed by atoms with Gasteiger partial charge in [0.25, 0.3) is 6.10 Å². The minimum atomic E-state index is -5.73. The smallest absolute Gasteiger partial charge is 0.426 e. The van der Waals surface area contributed by atoms with Gasteiger partial charge in [-0.3, -0.25) is 4.90 Å². The average Bonchev–Trinajstić information content (AvgIpc) is 3.45. The fourth-order valence-corrected chi connectivity index (χ4v) is 7.17. The fourth-order valence-electron chi connectivity index (χ4n) is 6.92. The Morgan fingerprint density at radius 1 is 0.950 bits per heavy atom. The maximum absolute atomic E-state index is 12.8. The third-order valence-electron chi connectivity index (χ3n) is 9.27. The summed E-state index contributed by atoms with van der Waals surface area (Å²) in [7, 11) is 0. The number of amides is 1. The summed E-state index contributed by atoms with van der Waals surface area (Å²) in [4.78, 5) is 20.2. The molecule has 4 aliphatic rings. The lowest BCUT2D eigenvalue weighted by molar-refractivity contribution is -0.309. The highest BCUT2D eigenvalue weighted by molar-refractivity contribution is 6.30. The number of benzene rings is 1. The van der Waals surface area contributed by atoms with E-state index in [4.69, 9.17) is 11.6 Å². The first-order valence-corrected chi connectivity index (χ1v) is 14.2. The van der Waals surface area contributed by atoms with E-state index in [1.807, 2.05) is 12.1 Å². The van der Waals surface area contributed by atoms with E-state index in [2.05, 4.69) is 32.4 Å². The standard InChI is InChI=1S/C27H35ClF6N4O2/c1-2-35-9-5-24(6-10-35)7-11-36(16-24)21-13-19(12-20(28)14-21)15-38-8-3-4-25(38)17-37(18-25)23(39)40-22(26(29,30)31)27(32,33)34/h12-14,22H,2-11,15-18H2,1H3. The number of hydrogen-bond donors (Lipinski definition) is 0. The maximum atomic E-state index is 12.8. The average molecular weight is 597 g/mol. The molecule has 13 heteroatoms. The third kappa shape index (κ3) is 5.99. The van der Waals surface area contributed by atoms with E-state index in [1.54, 1.807) is 0 Å². The van der Waals surface area contributed by atoms with Crippen LogP contribution in [0.25, 0.3) is 0 Å². The summed E-state index contributed by atoms with van der Waals surface area (Å²) in [5, 5.41) is 0.617. The second-order valence-corrected chi connectivity index (χ2v) is 12.3. The van der Waals surface area contributed by atoms with E-state index >= 15 is 0 Å². The molecule has 1 amide bonds. The summed E-state index contributed by atoms with van der Waals surface area (Å²) in [6.07, 6.45) is -12.2. The highest BCUT2D eigenvalue weighted by Gasteiger charge is 2.61. The molecule has 0 aromatic heterocycles. The monoisotopic (exact) mass is 596 g/mol. The summed E-state index contributed by atoms with van der Waals surface area (Å²) in [6.45, 7) is 8.75. The van der Waals surface area contributed by atoms with E-state index in [0.29, 0.717) is 29.9 Å². The van der Waals surface area contributed by atoms with Crippen LogP contribution in [0, 0.1) is 5.41 Å². The lowest BCUT2D eigenvalue weighted by Gasteiger charge is -2.52. The first-order chi connectivity index (χ1) is 18.7. The topological polar surface area (TPSA) is 39.3 Å². The largest absolute Gasteiger partial charge is 0.434 e. The zero-order valence-electron chi connectivity index (χ0n) is 22.5. The first-order valence-electron chi connectivity index (χ1n) is 13.8. The molecule has 5 rings (SSSR count). The number of ether oxygens (including phenoxy) is 1. The van der Waals surface area contributed by atoms with Gasteiger partial charge in [0.05, 0.1) is 5.54 Å². The van der Waals surface area contributed by atoms with Crippen LogP contribution in [0.5, 0.6) is 0 Å². The molecule has 0 N–H and O–H groups in total. The van der Waals surface area contributed by atoms with Crippen LogP contribution >= 0.6 is 11.6 Å². The van der Waals surface area contributed by atoms with Crippen LogP contribution in [0.3, 0.4) is 0 Å². The highest BCUT2D eigenvalue weighted by Crippen LogP contribution is 2.44. The molecule has 1 aromatic rings. The molecule has 0 unspecified atom stereocenters. The quantitative estimate of drug-likeness (QED) is 0.394.